The van der Waals surface area contributed by atoms with E-state index in [2.05, 4.69) is 38.7 Å². The third-order valence-corrected chi connectivity index (χ3v) is 4.68. The first-order chi connectivity index (χ1) is 14.7. The summed E-state index contributed by atoms with van der Waals surface area (Å²) in [5.41, 5.74) is 4.34. The number of nitrogens with one attached hydrogen (secondary N) is 2. The molecule has 2 aromatic heterocycles. The SMILES string of the molecule is CN=C(NCCCn1nc(C)cc1C)NCc1cccnc1OCc1ccccc1. The Bertz CT molecular complexity index is 951. The second kappa shape index (κ2) is 11.0. The maximum absolute atomic E-state index is 5.93. The van der Waals surface area contributed by atoms with Gasteiger partial charge in [0, 0.05) is 44.1 Å². The zero-order chi connectivity index (χ0) is 21.2. The molecule has 0 bridgehead atoms. The largest absolute Gasteiger partial charge is 0.473 e. The Morgan fingerprint density at radius 2 is 1.93 bits per heavy atom. The minimum Gasteiger partial charge on any atom is -0.473 e. The Balaban J connectivity index is 1.46. The maximum atomic E-state index is 5.93. The predicted octanol–water partition coefficient (Wildman–Crippen LogP) is 3.23. The highest BCUT2D eigenvalue weighted by atomic mass is 16.5. The molecule has 0 saturated carbocycles. The van der Waals surface area contributed by atoms with Crippen LogP contribution in [0.4, 0.5) is 0 Å². The number of rotatable bonds is 9. The van der Waals surface area contributed by atoms with E-state index in [4.69, 9.17) is 4.74 Å². The molecule has 0 radical (unpaired) electrons. The van der Waals surface area contributed by atoms with Gasteiger partial charge in [-0.2, -0.15) is 5.10 Å². The van der Waals surface area contributed by atoms with Gasteiger partial charge in [-0.3, -0.25) is 9.67 Å². The number of hydrogen-bond acceptors (Lipinski definition) is 4. The molecule has 158 valence electrons. The van der Waals surface area contributed by atoms with Crippen molar-refractivity contribution in [1.29, 1.82) is 0 Å². The number of hydrogen-bond donors (Lipinski definition) is 2. The summed E-state index contributed by atoms with van der Waals surface area (Å²) in [7, 11) is 1.77. The number of nitrogens with zero attached hydrogens (tertiary/aromatic N) is 4. The van der Waals surface area contributed by atoms with E-state index in [-0.39, 0.29) is 0 Å². The lowest BCUT2D eigenvalue weighted by atomic mass is 10.2. The summed E-state index contributed by atoms with van der Waals surface area (Å²) in [5.74, 6) is 1.38. The van der Waals surface area contributed by atoms with Crippen LogP contribution >= 0.6 is 0 Å². The normalized spacial score (nSPS) is 11.4. The van der Waals surface area contributed by atoms with E-state index in [1.165, 1.54) is 5.69 Å². The standard InChI is InChI=1S/C23H30N6O/c1-18-15-19(2)29(28-18)14-8-13-26-23(24-3)27-16-21-11-7-12-25-22(21)30-17-20-9-5-4-6-10-20/h4-7,9-12,15H,8,13-14,16-17H2,1-3H3,(H2,24,26,27). The molecule has 0 atom stereocenters. The molecule has 1 aromatic carbocycles. The van der Waals surface area contributed by atoms with Gasteiger partial charge in [0.15, 0.2) is 5.96 Å². The van der Waals surface area contributed by atoms with Crippen LogP contribution in [0.15, 0.2) is 59.7 Å². The zero-order valence-corrected chi connectivity index (χ0v) is 17.9. The lowest BCUT2D eigenvalue weighted by Gasteiger charge is -2.14. The van der Waals surface area contributed by atoms with E-state index >= 15 is 0 Å². The summed E-state index contributed by atoms with van der Waals surface area (Å²) < 4.78 is 7.97. The smallest absolute Gasteiger partial charge is 0.218 e. The summed E-state index contributed by atoms with van der Waals surface area (Å²) in [6.45, 7) is 6.86. The van der Waals surface area contributed by atoms with Crippen LogP contribution in [0.25, 0.3) is 0 Å². The van der Waals surface area contributed by atoms with Crippen molar-refractivity contribution in [2.45, 2.75) is 40.0 Å². The topological polar surface area (TPSA) is 76.4 Å². The van der Waals surface area contributed by atoms with E-state index in [1.807, 2.05) is 54.1 Å². The highest BCUT2D eigenvalue weighted by molar-refractivity contribution is 5.79. The molecule has 0 saturated heterocycles. The molecule has 7 heteroatoms. The Morgan fingerprint density at radius 1 is 1.10 bits per heavy atom. The summed E-state index contributed by atoms with van der Waals surface area (Å²) >= 11 is 0. The number of pyridine rings is 1. The molecule has 2 heterocycles. The zero-order valence-electron chi connectivity index (χ0n) is 17.9. The quantitative estimate of drug-likeness (QED) is 0.324. The van der Waals surface area contributed by atoms with E-state index in [0.29, 0.717) is 19.0 Å². The van der Waals surface area contributed by atoms with Crippen molar-refractivity contribution in [2.75, 3.05) is 13.6 Å². The fraction of sp³-hybridized carbons (Fsp3) is 0.348. The monoisotopic (exact) mass is 406 g/mol. The first-order valence-electron chi connectivity index (χ1n) is 10.2. The number of benzene rings is 1. The van der Waals surface area contributed by atoms with Crippen molar-refractivity contribution >= 4 is 5.96 Å². The average Bonchev–Trinajstić information content (AvgIpc) is 3.10. The first kappa shape index (κ1) is 21.4. The van der Waals surface area contributed by atoms with Crippen LogP contribution in [0.2, 0.25) is 0 Å². The van der Waals surface area contributed by atoms with Gasteiger partial charge >= 0.3 is 0 Å². The second-order valence-corrected chi connectivity index (χ2v) is 7.10. The summed E-state index contributed by atoms with van der Waals surface area (Å²) in [5, 5.41) is 11.2. The minimum atomic E-state index is 0.490. The van der Waals surface area contributed by atoms with E-state index in [1.54, 1.807) is 13.2 Å². The molecule has 0 aliphatic carbocycles. The van der Waals surface area contributed by atoms with Crippen molar-refractivity contribution in [2.24, 2.45) is 4.99 Å². The van der Waals surface area contributed by atoms with Crippen LogP contribution in [0.5, 0.6) is 5.88 Å². The first-order valence-corrected chi connectivity index (χ1v) is 10.2. The van der Waals surface area contributed by atoms with Gasteiger partial charge in [0.25, 0.3) is 0 Å². The van der Waals surface area contributed by atoms with Gasteiger partial charge < -0.3 is 15.4 Å². The molecule has 0 aliphatic heterocycles. The predicted molar refractivity (Wildman–Crippen MR) is 120 cm³/mol. The minimum absolute atomic E-state index is 0.490. The van der Waals surface area contributed by atoms with E-state index < -0.39 is 0 Å². The van der Waals surface area contributed by atoms with Crippen molar-refractivity contribution < 1.29 is 4.74 Å². The number of ether oxygens (including phenoxy) is 1. The van der Waals surface area contributed by atoms with Gasteiger partial charge in [0.05, 0.1) is 5.69 Å². The fourth-order valence-electron chi connectivity index (χ4n) is 3.15. The van der Waals surface area contributed by atoms with Crippen molar-refractivity contribution in [3.05, 3.63) is 77.2 Å². The van der Waals surface area contributed by atoms with E-state index in [0.717, 1.165) is 42.3 Å². The van der Waals surface area contributed by atoms with Crippen LogP contribution in [0.3, 0.4) is 0 Å². The highest BCUT2D eigenvalue weighted by Crippen LogP contribution is 2.15. The number of aromatic nitrogens is 3. The van der Waals surface area contributed by atoms with Gasteiger partial charge in [0.2, 0.25) is 5.88 Å². The Kier molecular flexibility index (Phi) is 7.83. The number of guanidine groups is 1. The van der Waals surface area contributed by atoms with Gasteiger partial charge in [0.1, 0.15) is 6.61 Å². The number of aliphatic imine (C=N–C) groups is 1. The van der Waals surface area contributed by atoms with Crippen molar-refractivity contribution in [1.82, 2.24) is 25.4 Å². The van der Waals surface area contributed by atoms with Gasteiger partial charge in [-0.25, -0.2) is 4.98 Å². The molecule has 0 aliphatic rings. The van der Waals surface area contributed by atoms with Crippen LogP contribution < -0.4 is 15.4 Å². The molecule has 0 amide bonds. The highest BCUT2D eigenvalue weighted by Gasteiger charge is 2.07. The summed E-state index contributed by atoms with van der Waals surface area (Å²) in [6, 6.07) is 16.1. The third-order valence-electron chi connectivity index (χ3n) is 4.68. The Hall–Kier alpha value is -3.35. The van der Waals surface area contributed by atoms with Crippen LogP contribution in [0, 0.1) is 13.8 Å². The number of aryl methyl sites for hydroxylation is 3. The average molecular weight is 407 g/mol. The molecule has 3 aromatic rings. The molecule has 7 nitrogen and oxygen atoms in total. The van der Waals surface area contributed by atoms with Gasteiger partial charge in [-0.05, 0) is 38.0 Å². The lowest BCUT2D eigenvalue weighted by Crippen LogP contribution is -2.37. The van der Waals surface area contributed by atoms with E-state index in [9.17, 15) is 0 Å². The van der Waals surface area contributed by atoms with Crippen LogP contribution in [-0.4, -0.2) is 34.3 Å². The molecule has 0 unspecified atom stereocenters. The summed E-state index contributed by atoms with van der Waals surface area (Å²) in [6.07, 6.45) is 2.71. The van der Waals surface area contributed by atoms with Gasteiger partial charge in [-0.15, -0.1) is 0 Å². The molecular formula is C23H30N6O. The second-order valence-electron chi connectivity index (χ2n) is 7.10. The molecule has 3 rings (SSSR count). The van der Waals surface area contributed by atoms with Crippen LogP contribution in [0.1, 0.15) is 28.9 Å². The Labute approximate surface area is 178 Å². The molecule has 0 fully saturated rings. The lowest BCUT2D eigenvalue weighted by molar-refractivity contribution is 0.290. The van der Waals surface area contributed by atoms with Crippen molar-refractivity contribution in [3.8, 4) is 5.88 Å². The van der Waals surface area contributed by atoms with Crippen molar-refractivity contribution in [3.63, 3.8) is 0 Å². The fourth-order valence-corrected chi connectivity index (χ4v) is 3.15. The molecule has 30 heavy (non-hydrogen) atoms. The molecular weight excluding hydrogens is 376 g/mol. The van der Waals surface area contributed by atoms with Crippen LogP contribution in [-0.2, 0) is 19.7 Å². The summed E-state index contributed by atoms with van der Waals surface area (Å²) in [4.78, 5) is 8.69. The maximum Gasteiger partial charge on any atom is 0.218 e. The molecule has 0 spiro atoms. The Morgan fingerprint density at radius 3 is 2.67 bits per heavy atom. The van der Waals surface area contributed by atoms with Gasteiger partial charge in [-0.1, -0.05) is 36.4 Å². The molecule has 2 N–H and O–H groups in total. The third kappa shape index (κ3) is 6.34.